The highest BCUT2D eigenvalue weighted by atomic mass is 16.2. The first-order chi connectivity index (χ1) is 9.70. The van der Waals surface area contributed by atoms with Crippen molar-refractivity contribution in [2.24, 2.45) is 5.73 Å². The molecule has 0 saturated carbocycles. The van der Waals surface area contributed by atoms with E-state index in [0.29, 0.717) is 12.2 Å². The van der Waals surface area contributed by atoms with E-state index in [1.54, 1.807) is 12.3 Å². The summed E-state index contributed by atoms with van der Waals surface area (Å²) in [6.45, 7) is 2.27. The molecule has 0 bridgehead atoms. The van der Waals surface area contributed by atoms with Crippen LogP contribution >= 0.6 is 0 Å². The Kier molecular flexibility index (Phi) is 4.53. The number of nitrogens with two attached hydrogens (primary N) is 1. The Morgan fingerprint density at radius 2 is 2.15 bits per heavy atom. The van der Waals surface area contributed by atoms with Gasteiger partial charge in [0, 0.05) is 11.8 Å². The van der Waals surface area contributed by atoms with E-state index in [1.807, 2.05) is 31.2 Å². The van der Waals surface area contributed by atoms with Gasteiger partial charge in [0.2, 0.25) is 0 Å². The Balaban J connectivity index is 2.02. The molecule has 2 rings (SSSR count). The van der Waals surface area contributed by atoms with E-state index in [-0.39, 0.29) is 11.9 Å². The fourth-order valence-corrected chi connectivity index (χ4v) is 1.75. The zero-order valence-electron chi connectivity index (χ0n) is 11.2. The maximum atomic E-state index is 11.9. The van der Waals surface area contributed by atoms with Gasteiger partial charge in [0.05, 0.1) is 12.6 Å². The molecule has 102 valence electrons. The number of amides is 1. The van der Waals surface area contributed by atoms with Gasteiger partial charge in [0.25, 0.3) is 5.91 Å². The van der Waals surface area contributed by atoms with Gasteiger partial charge in [-0.3, -0.25) is 9.89 Å². The smallest absolute Gasteiger partial charge is 0.269 e. The van der Waals surface area contributed by atoms with Gasteiger partial charge in [-0.05, 0) is 30.7 Å². The first kappa shape index (κ1) is 13.8. The Morgan fingerprint density at radius 1 is 1.40 bits per heavy atom. The molecule has 1 heterocycles. The normalized spacial score (nSPS) is 11.3. The molecule has 4 N–H and O–H groups in total. The molecule has 5 nitrogen and oxygen atoms in total. The van der Waals surface area contributed by atoms with Gasteiger partial charge in [-0.15, -0.1) is 0 Å². The van der Waals surface area contributed by atoms with Gasteiger partial charge in [-0.1, -0.05) is 24.0 Å². The minimum Gasteiger partial charge on any atom is -0.344 e. The summed E-state index contributed by atoms with van der Waals surface area (Å²) >= 11 is 0. The van der Waals surface area contributed by atoms with Crippen LogP contribution in [0.3, 0.4) is 0 Å². The van der Waals surface area contributed by atoms with Crippen LogP contribution in [0.15, 0.2) is 36.5 Å². The number of nitrogens with one attached hydrogen (secondary N) is 2. The fraction of sp³-hybridized carbons (Fsp3) is 0.200. The van der Waals surface area contributed by atoms with Crippen molar-refractivity contribution in [2.75, 3.05) is 6.54 Å². The molecule has 1 amide bonds. The maximum absolute atomic E-state index is 11.9. The molecule has 1 aromatic carbocycles. The quantitative estimate of drug-likeness (QED) is 0.732. The second kappa shape index (κ2) is 6.55. The summed E-state index contributed by atoms with van der Waals surface area (Å²) in [7, 11) is 0. The van der Waals surface area contributed by atoms with Crippen molar-refractivity contribution in [3.8, 4) is 11.8 Å². The molecular formula is C15H16N4O. The van der Waals surface area contributed by atoms with E-state index in [2.05, 4.69) is 27.4 Å². The number of aromatic amines is 1. The lowest BCUT2D eigenvalue weighted by Gasteiger charge is -2.13. The van der Waals surface area contributed by atoms with E-state index < -0.39 is 0 Å². The standard InChI is InChI=1S/C15H16N4O/c1-11(18-15(20)14-8-10-17-19-14)13-6-4-12(5-7-13)3-2-9-16/h4-8,10-11H,9,16H2,1H3,(H,17,19)(H,18,20). The summed E-state index contributed by atoms with van der Waals surface area (Å²) in [6.07, 6.45) is 1.55. The average molecular weight is 268 g/mol. The van der Waals surface area contributed by atoms with Crippen LogP contribution in [0.2, 0.25) is 0 Å². The largest absolute Gasteiger partial charge is 0.344 e. The van der Waals surface area contributed by atoms with Crippen LogP contribution in [0.4, 0.5) is 0 Å². The SMILES string of the molecule is CC(NC(=O)c1ccn[nH]1)c1ccc(C#CCN)cc1. The third-order valence-corrected chi connectivity index (χ3v) is 2.84. The summed E-state index contributed by atoms with van der Waals surface area (Å²) in [6, 6.07) is 9.25. The molecule has 0 aliphatic carbocycles. The van der Waals surface area contributed by atoms with Crippen LogP contribution < -0.4 is 11.1 Å². The van der Waals surface area contributed by atoms with Crippen LogP contribution in [-0.2, 0) is 0 Å². The lowest BCUT2D eigenvalue weighted by atomic mass is 10.1. The van der Waals surface area contributed by atoms with Crippen molar-refractivity contribution >= 4 is 5.91 Å². The molecule has 0 radical (unpaired) electrons. The molecule has 5 heteroatoms. The molecular weight excluding hydrogens is 252 g/mol. The highest BCUT2D eigenvalue weighted by Gasteiger charge is 2.11. The average Bonchev–Trinajstić information content (AvgIpc) is 3.00. The first-order valence-electron chi connectivity index (χ1n) is 6.30. The monoisotopic (exact) mass is 268 g/mol. The van der Waals surface area contributed by atoms with Crippen molar-refractivity contribution in [1.29, 1.82) is 0 Å². The molecule has 0 saturated heterocycles. The number of aromatic nitrogens is 2. The Hall–Kier alpha value is -2.58. The van der Waals surface area contributed by atoms with Gasteiger partial charge in [0.1, 0.15) is 5.69 Å². The maximum Gasteiger partial charge on any atom is 0.269 e. The molecule has 2 aromatic rings. The van der Waals surface area contributed by atoms with Gasteiger partial charge >= 0.3 is 0 Å². The molecule has 0 aliphatic rings. The topological polar surface area (TPSA) is 83.8 Å². The fourth-order valence-electron chi connectivity index (χ4n) is 1.75. The number of rotatable bonds is 3. The molecule has 0 spiro atoms. The van der Waals surface area contributed by atoms with Crippen LogP contribution in [0.1, 0.15) is 34.6 Å². The van der Waals surface area contributed by atoms with Gasteiger partial charge < -0.3 is 11.1 Å². The van der Waals surface area contributed by atoms with Crippen molar-refractivity contribution in [1.82, 2.24) is 15.5 Å². The lowest BCUT2D eigenvalue weighted by Crippen LogP contribution is -2.26. The first-order valence-corrected chi connectivity index (χ1v) is 6.30. The van der Waals surface area contributed by atoms with Gasteiger partial charge in [0.15, 0.2) is 0 Å². The van der Waals surface area contributed by atoms with E-state index in [1.165, 1.54) is 0 Å². The van der Waals surface area contributed by atoms with Crippen molar-refractivity contribution in [2.45, 2.75) is 13.0 Å². The lowest BCUT2D eigenvalue weighted by molar-refractivity contribution is 0.0935. The van der Waals surface area contributed by atoms with Crippen molar-refractivity contribution < 1.29 is 4.79 Å². The van der Waals surface area contributed by atoms with Crippen LogP contribution in [0, 0.1) is 11.8 Å². The predicted molar refractivity (Wildman–Crippen MR) is 76.8 cm³/mol. The highest BCUT2D eigenvalue weighted by Crippen LogP contribution is 2.13. The molecule has 0 fully saturated rings. The Bertz CT molecular complexity index is 620. The summed E-state index contributed by atoms with van der Waals surface area (Å²) in [5.41, 5.74) is 7.69. The van der Waals surface area contributed by atoms with Crippen LogP contribution in [0.5, 0.6) is 0 Å². The zero-order chi connectivity index (χ0) is 14.4. The minimum absolute atomic E-state index is 0.0951. The predicted octanol–water partition coefficient (Wildman–Crippen LogP) is 1.21. The molecule has 1 unspecified atom stereocenters. The van der Waals surface area contributed by atoms with E-state index >= 15 is 0 Å². The number of hydrogen-bond acceptors (Lipinski definition) is 3. The number of carbonyl (C=O) groups excluding carboxylic acids is 1. The second-order valence-corrected chi connectivity index (χ2v) is 4.29. The number of nitrogens with zero attached hydrogens (tertiary/aromatic N) is 1. The summed E-state index contributed by atoms with van der Waals surface area (Å²) in [5.74, 6) is 5.58. The number of hydrogen-bond donors (Lipinski definition) is 3. The van der Waals surface area contributed by atoms with Gasteiger partial charge in [-0.25, -0.2) is 0 Å². The third kappa shape index (κ3) is 3.46. The number of benzene rings is 1. The summed E-state index contributed by atoms with van der Waals surface area (Å²) < 4.78 is 0. The van der Waals surface area contributed by atoms with E-state index in [0.717, 1.165) is 11.1 Å². The molecule has 1 atom stereocenters. The van der Waals surface area contributed by atoms with Crippen molar-refractivity contribution in [3.63, 3.8) is 0 Å². The minimum atomic E-state index is -0.179. The van der Waals surface area contributed by atoms with Gasteiger partial charge in [-0.2, -0.15) is 5.10 Å². The van der Waals surface area contributed by atoms with Crippen molar-refractivity contribution in [3.05, 3.63) is 53.3 Å². The molecule has 1 aromatic heterocycles. The zero-order valence-corrected chi connectivity index (χ0v) is 11.2. The molecule has 0 aliphatic heterocycles. The van der Waals surface area contributed by atoms with Crippen LogP contribution in [0.25, 0.3) is 0 Å². The van der Waals surface area contributed by atoms with E-state index in [9.17, 15) is 4.79 Å². The summed E-state index contributed by atoms with van der Waals surface area (Å²) in [5, 5.41) is 9.28. The molecule has 20 heavy (non-hydrogen) atoms. The summed E-state index contributed by atoms with van der Waals surface area (Å²) in [4.78, 5) is 11.9. The second-order valence-electron chi connectivity index (χ2n) is 4.29. The number of carbonyl (C=O) groups is 1. The third-order valence-electron chi connectivity index (χ3n) is 2.84. The number of H-pyrrole nitrogens is 1. The van der Waals surface area contributed by atoms with Crippen LogP contribution in [-0.4, -0.2) is 22.6 Å². The Morgan fingerprint density at radius 3 is 2.75 bits per heavy atom. The Labute approximate surface area is 117 Å². The highest BCUT2D eigenvalue weighted by molar-refractivity contribution is 5.92. The van der Waals surface area contributed by atoms with E-state index in [4.69, 9.17) is 5.73 Å².